The molecule has 1 N–H and O–H groups in total. The van der Waals surface area contributed by atoms with E-state index in [9.17, 15) is 9.59 Å². The minimum absolute atomic E-state index is 0.00470. The van der Waals surface area contributed by atoms with Crippen molar-refractivity contribution < 1.29 is 9.59 Å². The molecular formula is C28H29BrCl2N2O2. The highest BCUT2D eigenvalue weighted by molar-refractivity contribution is 9.10. The Kier molecular flexibility index (Phi) is 10.2. The van der Waals surface area contributed by atoms with Crippen LogP contribution in [0.25, 0.3) is 0 Å². The van der Waals surface area contributed by atoms with E-state index in [1.165, 1.54) is 0 Å². The first-order chi connectivity index (χ1) is 16.7. The van der Waals surface area contributed by atoms with Crippen molar-refractivity contribution in [3.63, 3.8) is 0 Å². The number of carbonyl (C=O) groups excluding carboxylic acids is 2. The van der Waals surface area contributed by atoms with Crippen molar-refractivity contribution in [1.29, 1.82) is 0 Å². The molecule has 3 rings (SSSR count). The zero-order chi connectivity index (χ0) is 25.4. The Morgan fingerprint density at radius 1 is 0.914 bits per heavy atom. The molecule has 0 aliphatic rings. The Morgan fingerprint density at radius 2 is 1.54 bits per heavy atom. The summed E-state index contributed by atoms with van der Waals surface area (Å²) in [7, 11) is 0. The molecule has 0 spiro atoms. The molecule has 0 aromatic heterocycles. The quantitative estimate of drug-likeness (QED) is 0.292. The van der Waals surface area contributed by atoms with Gasteiger partial charge < -0.3 is 10.2 Å². The standard InChI is InChI=1S/C28H29BrCl2N2O2/c1-19(2)17-32-28(35)26(15-20-8-4-3-5-9-20)33(18-21-10-6-11-22(29)14-21)27(34)16-23-24(30)12-7-13-25(23)31/h3-14,19,26H,15-18H2,1-2H3,(H,32,35). The van der Waals surface area contributed by atoms with Crippen molar-refractivity contribution in [2.24, 2.45) is 5.92 Å². The van der Waals surface area contributed by atoms with E-state index in [0.717, 1.165) is 15.6 Å². The average molecular weight is 576 g/mol. The maximum absolute atomic E-state index is 13.8. The number of hydrogen-bond acceptors (Lipinski definition) is 2. The lowest BCUT2D eigenvalue weighted by Gasteiger charge is -2.32. The Hall–Kier alpha value is -2.34. The average Bonchev–Trinajstić information content (AvgIpc) is 2.82. The van der Waals surface area contributed by atoms with Crippen LogP contribution in [0, 0.1) is 5.92 Å². The summed E-state index contributed by atoms with van der Waals surface area (Å²) in [5.41, 5.74) is 2.44. The summed E-state index contributed by atoms with van der Waals surface area (Å²) in [6.07, 6.45) is 0.385. The fourth-order valence-corrected chi connectivity index (χ4v) is 4.74. The van der Waals surface area contributed by atoms with E-state index in [-0.39, 0.29) is 30.7 Å². The molecular weight excluding hydrogens is 547 g/mol. The van der Waals surface area contributed by atoms with Crippen LogP contribution >= 0.6 is 39.1 Å². The van der Waals surface area contributed by atoms with Crippen molar-refractivity contribution in [1.82, 2.24) is 10.2 Å². The molecule has 0 aliphatic heterocycles. The molecule has 0 heterocycles. The minimum Gasteiger partial charge on any atom is -0.354 e. The topological polar surface area (TPSA) is 49.4 Å². The number of halogens is 3. The maximum atomic E-state index is 13.8. The normalized spacial score (nSPS) is 11.8. The fraction of sp³-hybridized carbons (Fsp3) is 0.286. The Labute approximate surface area is 225 Å². The minimum atomic E-state index is -0.705. The van der Waals surface area contributed by atoms with Crippen LogP contribution in [0.15, 0.2) is 77.3 Å². The number of nitrogens with one attached hydrogen (secondary N) is 1. The van der Waals surface area contributed by atoms with E-state index < -0.39 is 6.04 Å². The van der Waals surface area contributed by atoms with Gasteiger partial charge in [0.1, 0.15) is 6.04 Å². The van der Waals surface area contributed by atoms with E-state index in [1.54, 1.807) is 23.1 Å². The second-order valence-corrected chi connectivity index (χ2v) is 10.6. The van der Waals surface area contributed by atoms with Gasteiger partial charge in [0.25, 0.3) is 0 Å². The molecule has 0 fully saturated rings. The van der Waals surface area contributed by atoms with E-state index in [2.05, 4.69) is 21.2 Å². The third-order valence-electron chi connectivity index (χ3n) is 5.59. The van der Waals surface area contributed by atoms with Crippen LogP contribution in [0.1, 0.15) is 30.5 Å². The van der Waals surface area contributed by atoms with Crippen molar-refractivity contribution in [3.8, 4) is 0 Å². The smallest absolute Gasteiger partial charge is 0.243 e. The summed E-state index contributed by atoms with van der Waals surface area (Å²) in [6.45, 7) is 4.87. The monoisotopic (exact) mass is 574 g/mol. The zero-order valence-electron chi connectivity index (χ0n) is 19.8. The van der Waals surface area contributed by atoms with Gasteiger partial charge in [-0.3, -0.25) is 9.59 Å². The van der Waals surface area contributed by atoms with E-state index in [4.69, 9.17) is 23.2 Å². The van der Waals surface area contributed by atoms with Crippen LogP contribution in [0.5, 0.6) is 0 Å². The van der Waals surface area contributed by atoms with Crippen LogP contribution in [0.4, 0.5) is 0 Å². The summed E-state index contributed by atoms with van der Waals surface area (Å²) in [6, 6.07) is 21.9. The Bertz CT molecular complexity index is 1130. The summed E-state index contributed by atoms with van der Waals surface area (Å²) >= 11 is 16.3. The van der Waals surface area contributed by atoms with Crippen molar-refractivity contribution in [3.05, 3.63) is 104 Å². The van der Waals surface area contributed by atoms with Gasteiger partial charge in [-0.05, 0) is 46.9 Å². The van der Waals surface area contributed by atoms with E-state index in [1.807, 2.05) is 68.4 Å². The highest BCUT2D eigenvalue weighted by atomic mass is 79.9. The predicted molar refractivity (Wildman–Crippen MR) is 147 cm³/mol. The summed E-state index contributed by atoms with van der Waals surface area (Å²) in [5, 5.41) is 3.88. The molecule has 0 aliphatic carbocycles. The van der Waals surface area contributed by atoms with Gasteiger partial charge in [0.2, 0.25) is 11.8 Å². The molecule has 0 radical (unpaired) electrons. The Balaban J connectivity index is 2.00. The van der Waals surface area contributed by atoms with Gasteiger partial charge in [0, 0.05) is 34.0 Å². The molecule has 35 heavy (non-hydrogen) atoms. The van der Waals surface area contributed by atoms with Gasteiger partial charge in [-0.1, -0.05) is 102 Å². The molecule has 1 unspecified atom stereocenters. The lowest BCUT2D eigenvalue weighted by Crippen LogP contribution is -2.51. The molecule has 0 saturated heterocycles. The molecule has 0 bridgehead atoms. The van der Waals surface area contributed by atoms with Gasteiger partial charge in [0.05, 0.1) is 6.42 Å². The first-order valence-electron chi connectivity index (χ1n) is 11.5. The number of amides is 2. The zero-order valence-corrected chi connectivity index (χ0v) is 22.9. The van der Waals surface area contributed by atoms with Crippen molar-refractivity contribution in [2.75, 3.05) is 6.54 Å². The van der Waals surface area contributed by atoms with Crippen molar-refractivity contribution in [2.45, 2.75) is 39.3 Å². The molecule has 1 atom stereocenters. The van der Waals surface area contributed by atoms with Crippen LogP contribution < -0.4 is 5.32 Å². The largest absolute Gasteiger partial charge is 0.354 e. The van der Waals surface area contributed by atoms with Crippen LogP contribution in [0.3, 0.4) is 0 Å². The number of benzene rings is 3. The third-order valence-corrected chi connectivity index (χ3v) is 6.79. The lowest BCUT2D eigenvalue weighted by atomic mass is 10.0. The second-order valence-electron chi connectivity index (χ2n) is 8.87. The Morgan fingerprint density at radius 3 is 2.17 bits per heavy atom. The summed E-state index contributed by atoms with van der Waals surface area (Å²) in [4.78, 5) is 28.9. The van der Waals surface area contributed by atoms with Crippen LogP contribution in [-0.4, -0.2) is 29.3 Å². The number of nitrogens with zero attached hydrogens (tertiary/aromatic N) is 1. The van der Waals surface area contributed by atoms with Crippen LogP contribution in [-0.2, 0) is 29.0 Å². The van der Waals surface area contributed by atoms with Crippen LogP contribution in [0.2, 0.25) is 10.0 Å². The molecule has 2 amide bonds. The molecule has 7 heteroatoms. The molecule has 3 aromatic carbocycles. The van der Waals surface area contributed by atoms with E-state index in [0.29, 0.717) is 28.6 Å². The fourth-order valence-electron chi connectivity index (χ4n) is 3.76. The SMILES string of the molecule is CC(C)CNC(=O)C(Cc1ccccc1)N(Cc1cccc(Br)c1)C(=O)Cc1c(Cl)cccc1Cl. The summed E-state index contributed by atoms with van der Waals surface area (Å²) in [5.74, 6) is -0.121. The lowest BCUT2D eigenvalue weighted by molar-refractivity contribution is -0.140. The number of carbonyl (C=O) groups is 2. The van der Waals surface area contributed by atoms with Gasteiger partial charge in [-0.25, -0.2) is 0 Å². The highest BCUT2D eigenvalue weighted by Crippen LogP contribution is 2.26. The third kappa shape index (κ3) is 8.09. The van der Waals surface area contributed by atoms with Gasteiger partial charge in [-0.15, -0.1) is 0 Å². The molecule has 4 nitrogen and oxygen atoms in total. The summed E-state index contributed by atoms with van der Waals surface area (Å²) < 4.78 is 0.903. The number of rotatable bonds is 10. The molecule has 0 saturated carbocycles. The van der Waals surface area contributed by atoms with Gasteiger partial charge >= 0.3 is 0 Å². The molecule has 184 valence electrons. The highest BCUT2D eigenvalue weighted by Gasteiger charge is 2.31. The molecule has 3 aromatic rings. The first-order valence-corrected chi connectivity index (χ1v) is 13.1. The van der Waals surface area contributed by atoms with Gasteiger partial charge in [0.15, 0.2) is 0 Å². The second kappa shape index (κ2) is 13.1. The van der Waals surface area contributed by atoms with Gasteiger partial charge in [-0.2, -0.15) is 0 Å². The first kappa shape index (κ1) is 27.3. The maximum Gasteiger partial charge on any atom is 0.243 e. The predicted octanol–water partition coefficient (Wildman–Crippen LogP) is 6.71. The van der Waals surface area contributed by atoms with E-state index >= 15 is 0 Å². The number of hydrogen-bond donors (Lipinski definition) is 1. The van der Waals surface area contributed by atoms with Crippen molar-refractivity contribution >= 4 is 50.9 Å².